The summed E-state index contributed by atoms with van der Waals surface area (Å²) in [6.45, 7) is 1.08. The zero-order valence-electron chi connectivity index (χ0n) is 11.7. The van der Waals surface area contributed by atoms with Crippen molar-refractivity contribution in [2.24, 2.45) is 17.8 Å². The minimum absolute atomic E-state index is 0.124. The van der Waals surface area contributed by atoms with E-state index in [-0.39, 0.29) is 6.10 Å². The van der Waals surface area contributed by atoms with Gasteiger partial charge in [0.1, 0.15) is 11.9 Å². The van der Waals surface area contributed by atoms with Crippen molar-refractivity contribution < 1.29 is 9.47 Å². The number of rotatable bonds is 3. The van der Waals surface area contributed by atoms with Crippen LogP contribution in [0.1, 0.15) is 19.3 Å². The Morgan fingerprint density at radius 3 is 2.95 bits per heavy atom. The van der Waals surface area contributed by atoms with Gasteiger partial charge in [0.2, 0.25) is 0 Å². The summed E-state index contributed by atoms with van der Waals surface area (Å²) >= 11 is 0. The minimum atomic E-state index is 0.124. The fourth-order valence-electron chi connectivity index (χ4n) is 3.81. The molecule has 106 valence electrons. The molecule has 1 N–H and O–H groups in total. The van der Waals surface area contributed by atoms with Crippen molar-refractivity contribution in [3.8, 4) is 0 Å². The molecule has 4 heteroatoms. The Balaban J connectivity index is 1.70. The molecule has 2 heterocycles. The average Bonchev–Trinajstić information content (AvgIpc) is 2.90. The van der Waals surface area contributed by atoms with Gasteiger partial charge < -0.3 is 20.1 Å². The van der Waals surface area contributed by atoms with E-state index in [2.05, 4.69) is 22.8 Å². The zero-order valence-corrected chi connectivity index (χ0v) is 11.7. The van der Waals surface area contributed by atoms with Crippen LogP contribution in [-0.2, 0) is 9.47 Å². The summed E-state index contributed by atoms with van der Waals surface area (Å²) < 4.78 is 11.0. The van der Waals surface area contributed by atoms with Gasteiger partial charge in [0, 0.05) is 7.11 Å². The standard InChI is InChI=1S/C15H23N2O2/c1-18-13-6-5-10(8-14(13)19-2)12-9-17-15-11(12)4-3-7-16-15/h3,6-7,10-12,14-15,17H,4-5,8-9H2,1-2H3/q-1. The van der Waals surface area contributed by atoms with Crippen molar-refractivity contribution >= 4 is 0 Å². The monoisotopic (exact) mass is 263 g/mol. The van der Waals surface area contributed by atoms with Crippen molar-refractivity contribution in [2.45, 2.75) is 31.5 Å². The summed E-state index contributed by atoms with van der Waals surface area (Å²) in [5.74, 6) is 3.03. The highest BCUT2D eigenvalue weighted by molar-refractivity contribution is 5.18. The van der Waals surface area contributed by atoms with Crippen molar-refractivity contribution in [3.63, 3.8) is 0 Å². The maximum Gasteiger partial charge on any atom is 0.120 e. The summed E-state index contributed by atoms with van der Waals surface area (Å²) in [6.07, 6.45) is 10.2. The lowest BCUT2D eigenvalue weighted by Gasteiger charge is -2.40. The van der Waals surface area contributed by atoms with Gasteiger partial charge in [-0.05, 0) is 49.6 Å². The molecule has 19 heavy (non-hydrogen) atoms. The van der Waals surface area contributed by atoms with Crippen molar-refractivity contribution in [2.75, 3.05) is 20.8 Å². The number of nitrogens with zero attached hydrogens (tertiary/aromatic N) is 1. The van der Waals surface area contributed by atoms with E-state index in [1.54, 1.807) is 14.2 Å². The van der Waals surface area contributed by atoms with E-state index in [4.69, 9.17) is 9.47 Å². The first-order chi connectivity index (χ1) is 9.33. The van der Waals surface area contributed by atoms with Gasteiger partial charge in [-0.2, -0.15) is 6.20 Å². The van der Waals surface area contributed by atoms with Gasteiger partial charge >= 0.3 is 0 Å². The summed E-state index contributed by atoms with van der Waals surface area (Å²) in [4.78, 5) is 0. The molecule has 0 aromatic rings. The Morgan fingerprint density at radius 2 is 2.16 bits per heavy atom. The number of methoxy groups -OCH3 is 2. The first-order valence-corrected chi connectivity index (χ1v) is 7.18. The van der Waals surface area contributed by atoms with Crippen LogP contribution >= 0.6 is 0 Å². The fourth-order valence-corrected chi connectivity index (χ4v) is 3.81. The van der Waals surface area contributed by atoms with Crippen molar-refractivity contribution in [3.05, 3.63) is 29.4 Å². The molecule has 5 unspecified atom stereocenters. The van der Waals surface area contributed by atoms with E-state index in [1.807, 2.05) is 6.20 Å². The molecule has 0 amide bonds. The Labute approximate surface area is 115 Å². The molecular formula is C15H23N2O2-. The molecule has 0 aromatic heterocycles. The minimum Gasteiger partial charge on any atom is -0.676 e. The summed E-state index contributed by atoms with van der Waals surface area (Å²) in [6, 6.07) is 0. The lowest BCUT2D eigenvalue weighted by Crippen LogP contribution is -2.32. The topological polar surface area (TPSA) is 44.6 Å². The highest BCUT2D eigenvalue weighted by atomic mass is 16.5. The predicted molar refractivity (Wildman–Crippen MR) is 74.5 cm³/mol. The molecule has 3 aliphatic rings. The Bertz CT molecular complexity index is 380. The first-order valence-electron chi connectivity index (χ1n) is 7.18. The van der Waals surface area contributed by atoms with Crippen LogP contribution in [0.5, 0.6) is 0 Å². The molecule has 3 rings (SSSR count). The molecule has 0 aromatic carbocycles. The van der Waals surface area contributed by atoms with E-state index >= 15 is 0 Å². The van der Waals surface area contributed by atoms with E-state index in [0.717, 1.165) is 31.6 Å². The zero-order chi connectivity index (χ0) is 13.2. The first kappa shape index (κ1) is 13.0. The SMILES string of the molecule is COC1=CCC(C2CNC3[N-]C=CCC32)CC1OC. The van der Waals surface area contributed by atoms with E-state index < -0.39 is 0 Å². The third-order valence-corrected chi connectivity index (χ3v) is 4.86. The van der Waals surface area contributed by atoms with Crippen LogP contribution in [0.2, 0.25) is 0 Å². The van der Waals surface area contributed by atoms with Crippen LogP contribution in [0.4, 0.5) is 0 Å². The van der Waals surface area contributed by atoms with Gasteiger partial charge in [-0.25, -0.2) is 0 Å². The molecule has 1 aliphatic carbocycles. The number of ether oxygens (including phenoxy) is 2. The molecule has 0 saturated carbocycles. The largest absolute Gasteiger partial charge is 0.676 e. The van der Waals surface area contributed by atoms with Gasteiger partial charge in [-0.3, -0.25) is 0 Å². The van der Waals surface area contributed by atoms with Crippen molar-refractivity contribution in [1.29, 1.82) is 0 Å². The third kappa shape index (κ3) is 2.39. The van der Waals surface area contributed by atoms with Gasteiger partial charge in [0.05, 0.1) is 7.11 Å². The number of nitrogens with one attached hydrogen (secondary N) is 1. The second-order valence-corrected chi connectivity index (χ2v) is 5.72. The van der Waals surface area contributed by atoms with Crippen LogP contribution in [0.15, 0.2) is 24.1 Å². The maximum atomic E-state index is 5.57. The van der Waals surface area contributed by atoms with Gasteiger partial charge in [0.25, 0.3) is 0 Å². The molecule has 1 fully saturated rings. The third-order valence-electron chi connectivity index (χ3n) is 4.86. The maximum absolute atomic E-state index is 5.57. The summed E-state index contributed by atoms with van der Waals surface area (Å²) in [7, 11) is 3.50. The Morgan fingerprint density at radius 1 is 1.26 bits per heavy atom. The Hall–Kier alpha value is -1.00. The van der Waals surface area contributed by atoms with E-state index in [9.17, 15) is 0 Å². The molecule has 4 nitrogen and oxygen atoms in total. The summed E-state index contributed by atoms with van der Waals surface area (Å²) in [5, 5.41) is 8.10. The second kappa shape index (κ2) is 5.55. The van der Waals surface area contributed by atoms with Crippen molar-refractivity contribution in [1.82, 2.24) is 5.32 Å². The smallest absolute Gasteiger partial charge is 0.120 e. The lowest BCUT2D eigenvalue weighted by molar-refractivity contribution is 0.0398. The van der Waals surface area contributed by atoms with Crippen LogP contribution in [0.25, 0.3) is 5.32 Å². The predicted octanol–water partition coefficient (Wildman–Crippen LogP) is 2.39. The number of allylic oxidation sites excluding steroid dienone is 2. The number of hydrogen-bond donors (Lipinski definition) is 1. The number of hydrogen-bond acceptors (Lipinski definition) is 3. The molecular weight excluding hydrogens is 240 g/mol. The van der Waals surface area contributed by atoms with Gasteiger partial charge in [-0.1, -0.05) is 6.17 Å². The average molecular weight is 263 g/mol. The van der Waals surface area contributed by atoms with Crippen LogP contribution in [0.3, 0.4) is 0 Å². The highest BCUT2D eigenvalue weighted by Crippen LogP contribution is 2.42. The van der Waals surface area contributed by atoms with Crippen LogP contribution in [-0.4, -0.2) is 33.0 Å². The molecule has 1 saturated heterocycles. The van der Waals surface area contributed by atoms with E-state index in [0.29, 0.717) is 23.9 Å². The molecule has 5 atom stereocenters. The highest BCUT2D eigenvalue weighted by Gasteiger charge is 2.38. The molecule has 2 aliphatic heterocycles. The number of fused-ring (bicyclic) bond motifs is 1. The molecule has 0 bridgehead atoms. The van der Waals surface area contributed by atoms with Gasteiger partial charge in [-0.15, -0.1) is 6.08 Å². The Kier molecular flexibility index (Phi) is 3.80. The van der Waals surface area contributed by atoms with Gasteiger partial charge in [0.15, 0.2) is 0 Å². The molecule has 0 spiro atoms. The fraction of sp³-hybridized carbons (Fsp3) is 0.733. The second-order valence-electron chi connectivity index (χ2n) is 5.72. The van der Waals surface area contributed by atoms with E-state index in [1.165, 1.54) is 0 Å². The lowest BCUT2D eigenvalue weighted by atomic mass is 9.74. The molecule has 0 radical (unpaired) electrons. The normalized spacial score (nSPS) is 41.4. The van der Waals surface area contributed by atoms with Crippen LogP contribution < -0.4 is 5.32 Å². The quantitative estimate of drug-likeness (QED) is 0.850. The summed E-state index contributed by atoms with van der Waals surface area (Å²) in [5.41, 5.74) is 0. The van der Waals surface area contributed by atoms with Crippen LogP contribution in [0, 0.1) is 17.8 Å².